The molecule has 0 aliphatic carbocycles. The van der Waals surface area contributed by atoms with Gasteiger partial charge in [-0.05, 0) is 33.3 Å². The second kappa shape index (κ2) is 8.01. The van der Waals surface area contributed by atoms with Crippen LogP contribution in [0.2, 0.25) is 0 Å². The van der Waals surface area contributed by atoms with Crippen LogP contribution < -0.4 is 10.6 Å². The molecule has 1 rings (SSSR count). The predicted molar refractivity (Wildman–Crippen MR) is 81.4 cm³/mol. The summed E-state index contributed by atoms with van der Waals surface area (Å²) in [6, 6.07) is 2.02. The molecule has 0 aliphatic heterocycles. The van der Waals surface area contributed by atoms with Crippen molar-refractivity contribution in [3.63, 3.8) is 0 Å². The zero-order valence-corrected chi connectivity index (χ0v) is 13.2. The SMILES string of the molecule is CCOC(=O)c1cc(C)sc1NC(=O)CNC(C)CC. The molecule has 1 aromatic heterocycles. The number of hydrogen-bond donors (Lipinski definition) is 2. The largest absolute Gasteiger partial charge is 0.462 e. The van der Waals surface area contributed by atoms with Crippen LogP contribution in [0.15, 0.2) is 6.07 Å². The Labute approximate surface area is 123 Å². The summed E-state index contributed by atoms with van der Waals surface area (Å²) in [5.74, 6) is -0.556. The molecule has 0 saturated carbocycles. The van der Waals surface area contributed by atoms with Gasteiger partial charge in [0.1, 0.15) is 5.00 Å². The van der Waals surface area contributed by atoms with Gasteiger partial charge in [-0.25, -0.2) is 4.79 Å². The number of aryl methyl sites for hydroxylation is 1. The molecular weight excluding hydrogens is 276 g/mol. The van der Waals surface area contributed by atoms with E-state index >= 15 is 0 Å². The Hall–Kier alpha value is -1.40. The van der Waals surface area contributed by atoms with E-state index in [2.05, 4.69) is 17.6 Å². The van der Waals surface area contributed by atoms with Crippen LogP contribution >= 0.6 is 11.3 Å². The van der Waals surface area contributed by atoms with E-state index in [1.165, 1.54) is 11.3 Å². The molecule has 1 unspecified atom stereocenters. The Bertz CT molecular complexity index is 471. The molecular formula is C14H22N2O3S. The monoisotopic (exact) mass is 298 g/mol. The van der Waals surface area contributed by atoms with Crippen molar-refractivity contribution in [3.05, 3.63) is 16.5 Å². The summed E-state index contributed by atoms with van der Waals surface area (Å²) in [7, 11) is 0. The van der Waals surface area contributed by atoms with Gasteiger partial charge in [-0.3, -0.25) is 4.79 Å². The van der Waals surface area contributed by atoms with E-state index in [-0.39, 0.29) is 18.5 Å². The molecule has 112 valence electrons. The summed E-state index contributed by atoms with van der Waals surface area (Å²) in [6.07, 6.45) is 0.958. The summed E-state index contributed by atoms with van der Waals surface area (Å²) in [6.45, 7) is 8.26. The normalized spacial score (nSPS) is 12.0. The van der Waals surface area contributed by atoms with Crippen molar-refractivity contribution in [2.75, 3.05) is 18.5 Å². The molecule has 20 heavy (non-hydrogen) atoms. The molecule has 0 radical (unpaired) electrons. The third kappa shape index (κ3) is 4.94. The van der Waals surface area contributed by atoms with Crippen LogP contribution in [0.25, 0.3) is 0 Å². The average molecular weight is 298 g/mol. The number of carbonyl (C=O) groups excluding carboxylic acids is 2. The number of thiophene rings is 1. The molecule has 5 nitrogen and oxygen atoms in total. The van der Waals surface area contributed by atoms with Gasteiger partial charge in [-0.15, -0.1) is 11.3 Å². The maximum atomic E-state index is 11.9. The predicted octanol–water partition coefficient (Wildman–Crippen LogP) is 2.56. The number of amides is 1. The van der Waals surface area contributed by atoms with Crippen LogP contribution in [0.1, 0.15) is 42.4 Å². The van der Waals surface area contributed by atoms with E-state index in [4.69, 9.17) is 4.74 Å². The molecule has 0 saturated heterocycles. The summed E-state index contributed by atoms with van der Waals surface area (Å²) in [5.41, 5.74) is 0.422. The number of rotatable bonds is 7. The third-order valence-corrected chi connectivity index (χ3v) is 3.79. The topological polar surface area (TPSA) is 67.4 Å². The fraction of sp³-hybridized carbons (Fsp3) is 0.571. The highest BCUT2D eigenvalue weighted by atomic mass is 32.1. The quantitative estimate of drug-likeness (QED) is 0.759. The Morgan fingerprint density at radius 3 is 2.70 bits per heavy atom. The highest BCUT2D eigenvalue weighted by molar-refractivity contribution is 7.16. The summed E-state index contributed by atoms with van der Waals surface area (Å²) < 4.78 is 4.98. The lowest BCUT2D eigenvalue weighted by Gasteiger charge is -2.11. The summed E-state index contributed by atoms with van der Waals surface area (Å²) >= 11 is 1.38. The number of ether oxygens (including phenoxy) is 1. The number of anilines is 1. The van der Waals surface area contributed by atoms with Gasteiger partial charge in [-0.1, -0.05) is 6.92 Å². The van der Waals surface area contributed by atoms with Crippen molar-refractivity contribution in [1.82, 2.24) is 5.32 Å². The lowest BCUT2D eigenvalue weighted by atomic mass is 10.2. The number of nitrogens with one attached hydrogen (secondary N) is 2. The molecule has 1 amide bonds. The second-order valence-corrected chi connectivity index (χ2v) is 5.82. The van der Waals surface area contributed by atoms with Gasteiger partial charge in [0.25, 0.3) is 0 Å². The maximum absolute atomic E-state index is 11.9. The molecule has 1 aromatic rings. The first-order chi connectivity index (χ1) is 9.47. The smallest absolute Gasteiger partial charge is 0.341 e. The molecule has 1 heterocycles. The van der Waals surface area contributed by atoms with E-state index in [1.54, 1.807) is 13.0 Å². The van der Waals surface area contributed by atoms with Gasteiger partial charge in [0.2, 0.25) is 5.91 Å². The van der Waals surface area contributed by atoms with Crippen molar-refractivity contribution in [2.24, 2.45) is 0 Å². The first kappa shape index (κ1) is 16.7. The minimum atomic E-state index is -0.401. The van der Waals surface area contributed by atoms with Gasteiger partial charge in [0.15, 0.2) is 0 Å². The standard InChI is InChI=1S/C14H22N2O3S/c1-5-9(3)15-8-12(17)16-13-11(7-10(4)20-13)14(18)19-6-2/h7,9,15H,5-6,8H2,1-4H3,(H,16,17). The van der Waals surface area contributed by atoms with Crippen LogP contribution in [0.4, 0.5) is 5.00 Å². The van der Waals surface area contributed by atoms with Crippen LogP contribution in [0, 0.1) is 6.92 Å². The molecule has 0 aliphatic rings. The minimum Gasteiger partial charge on any atom is -0.462 e. The Balaban J connectivity index is 2.67. The van der Waals surface area contributed by atoms with E-state index in [9.17, 15) is 9.59 Å². The molecule has 2 N–H and O–H groups in total. The van der Waals surface area contributed by atoms with E-state index in [1.807, 2.05) is 13.8 Å². The molecule has 0 spiro atoms. The van der Waals surface area contributed by atoms with E-state index in [0.29, 0.717) is 17.2 Å². The average Bonchev–Trinajstić information content (AvgIpc) is 2.77. The van der Waals surface area contributed by atoms with Crippen molar-refractivity contribution in [1.29, 1.82) is 0 Å². The van der Waals surface area contributed by atoms with Crippen LogP contribution in [-0.4, -0.2) is 31.1 Å². The fourth-order valence-corrected chi connectivity index (χ4v) is 2.47. The van der Waals surface area contributed by atoms with E-state index < -0.39 is 5.97 Å². The van der Waals surface area contributed by atoms with Crippen molar-refractivity contribution < 1.29 is 14.3 Å². The van der Waals surface area contributed by atoms with Crippen molar-refractivity contribution in [2.45, 2.75) is 40.2 Å². The highest BCUT2D eigenvalue weighted by Gasteiger charge is 2.17. The molecule has 6 heteroatoms. The Morgan fingerprint density at radius 1 is 1.40 bits per heavy atom. The van der Waals surface area contributed by atoms with Crippen molar-refractivity contribution in [3.8, 4) is 0 Å². The Morgan fingerprint density at radius 2 is 2.10 bits per heavy atom. The van der Waals surface area contributed by atoms with Gasteiger partial charge in [0.05, 0.1) is 18.7 Å². The second-order valence-electron chi connectivity index (χ2n) is 4.56. The zero-order chi connectivity index (χ0) is 15.1. The van der Waals surface area contributed by atoms with Crippen LogP contribution in [-0.2, 0) is 9.53 Å². The highest BCUT2D eigenvalue weighted by Crippen LogP contribution is 2.28. The molecule has 0 fully saturated rings. The molecule has 0 aromatic carbocycles. The fourth-order valence-electron chi connectivity index (χ4n) is 1.55. The number of esters is 1. The zero-order valence-electron chi connectivity index (χ0n) is 12.4. The summed E-state index contributed by atoms with van der Waals surface area (Å²) in [4.78, 5) is 24.6. The lowest BCUT2D eigenvalue weighted by Crippen LogP contribution is -2.34. The van der Waals surface area contributed by atoms with Gasteiger partial charge >= 0.3 is 5.97 Å². The third-order valence-electron chi connectivity index (χ3n) is 2.83. The minimum absolute atomic E-state index is 0.155. The van der Waals surface area contributed by atoms with Crippen LogP contribution in [0.3, 0.4) is 0 Å². The number of hydrogen-bond acceptors (Lipinski definition) is 5. The van der Waals surface area contributed by atoms with E-state index in [0.717, 1.165) is 11.3 Å². The Kier molecular flexibility index (Phi) is 6.67. The first-order valence-electron chi connectivity index (χ1n) is 6.78. The molecule has 0 bridgehead atoms. The van der Waals surface area contributed by atoms with Gasteiger partial charge in [-0.2, -0.15) is 0 Å². The van der Waals surface area contributed by atoms with Crippen molar-refractivity contribution >= 4 is 28.2 Å². The van der Waals surface area contributed by atoms with Gasteiger partial charge in [0, 0.05) is 10.9 Å². The maximum Gasteiger partial charge on any atom is 0.341 e. The van der Waals surface area contributed by atoms with Crippen LogP contribution in [0.5, 0.6) is 0 Å². The number of carbonyl (C=O) groups is 2. The van der Waals surface area contributed by atoms with Gasteiger partial charge < -0.3 is 15.4 Å². The first-order valence-corrected chi connectivity index (χ1v) is 7.60. The summed E-state index contributed by atoms with van der Waals surface area (Å²) in [5, 5.41) is 6.43. The lowest BCUT2D eigenvalue weighted by molar-refractivity contribution is -0.115. The molecule has 1 atom stereocenters.